The highest BCUT2D eigenvalue weighted by Crippen LogP contribution is 2.21. The Balaban J connectivity index is 1.61. The Morgan fingerprint density at radius 1 is 1.14 bits per heavy atom. The maximum atomic E-state index is 13.6. The van der Waals surface area contributed by atoms with E-state index >= 15 is 0 Å². The summed E-state index contributed by atoms with van der Waals surface area (Å²) in [6.07, 6.45) is 6.60. The number of nitrogens with one attached hydrogen (secondary N) is 2. The predicted octanol–water partition coefficient (Wildman–Crippen LogP) is 3.58. The van der Waals surface area contributed by atoms with E-state index in [2.05, 4.69) is 20.6 Å². The Bertz CT molecular complexity index is 596. The molecular formula is C16H19FN4. The first kappa shape index (κ1) is 13.8. The lowest BCUT2D eigenvalue weighted by Crippen LogP contribution is -2.17. The van der Waals surface area contributed by atoms with Gasteiger partial charge in [0.05, 0.1) is 0 Å². The smallest absolute Gasteiger partial charge is 0.224 e. The third kappa shape index (κ3) is 3.68. The van der Waals surface area contributed by atoms with Crippen LogP contribution in [0, 0.1) is 5.82 Å². The van der Waals surface area contributed by atoms with Crippen LogP contribution in [-0.4, -0.2) is 16.0 Å². The van der Waals surface area contributed by atoms with E-state index in [-0.39, 0.29) is 5.82 Å². The van der Waals surface area contributed by atoms with Crippen molar-refractivity contribution >= 4 is 11.8 Å². The lowest BCUT2D eigenvalue weighted by Gasteiger charge is -2.13. The fraction of sp³-hybridized carbons (Fsp3) is 0.375. The number of benzene rings is 1. The maximum absolute atomic E-state index is 13.6. The number of rotatable bonds is 5. The molecule has 1 saturated carbocycles. The van der Waals surface area contributed by atoms with E-state index in [1.54, 1.807) is 24.4 Å². The van der Waals surface area contributed by atoms with E-state index in [4.69, 9.17) is 0 Å². The molecule has 0 saturated heterocycles. The summed E-state index contributed by atoms with van der Waals surface area (Å²) in [7, 11) is 0. The number of anilines is 2. The van der Waals surface area contributed by atoms with Crippen LogP contribution in [0.1, 0.15) is 31.2 Å². The van der Waals surface area contributed by atoms with E-state index in [1.165, 1.54) is 31.7 Å². The molecule has 1 heterocycles. The molecule has 1 aliphatic rings. The molecule has 2 aromatic rings. The molecular weight excluding hydrogens is 267 g/mol. The van der Waals surface area contributed by atoms with E-state index in [0.717, 1.165) is 0 Å². The average molecular weight is 286 g/mol. The third-order valence-electron chi connectivity index (χ3n) is 3.76. The molecule has 2 N–H and O–H groups in total. The Morgan fingerprint density at radius 2 is 1.95 bits per heavy atom. The number of nitrogens with zero attached hydrogens (tertiary/aromatic N) is 2. The first-order valence-corrected chi connectivity index (χ1v) is 7.38. The van der Waals surface area contributed by atoms with Crippen molar-refractivity contribution < 1.29 is 4.39 Å². The highest BCUT2D eigenvalue weighted by Gasteiger charge is 2.15. The molecule has 0 bridgehead atoms. The van der Waals surface area contributed by atoms with Gasteiger partial charge in [-0.1, -0.05) is 31.0 Å². The summed E-state index contributed by atoms with van der Waals surface area (Å²) in [4.78, 5) is 8.66. The molecule has 1 aliphatic carbocycles. The number of halogens is 1. The minimum atomic E-state index is -0.205. The van der Waals surface area contributed by atoms with Crippen LogP contribution in [0.4, 0.5) is 16.2 Å². The number of aromatic nitrogens is 2. The fourth-order valence-corrected chi connectivity index (χ4v) is 2.61. The van der Waals surface area contributed by atoms with Crippen molar-refractivity contribution in [3.05, 3.63) is 47.9 Å². The van der Waals surface area contributed by atoms with Crippen molar-refractivity contribution in [2.45, 2.75) is 38.3 Å². The van der Waals surface area contributed by atoms with E-state index < -0.39 is 0 Å². The van der Waals surface area contributed by atoms with Gasteiger partial charge in [-0.3, -0.25) is 0 Å². The zero-order chi connectivity index (χ0) is 14.5. The van der Waals surface area contributed by atoms with Gasteiger partial charge in [-0.25, -0.2) is 9.37 Å². The Kier molecular flexibility index (Phi) is 4.28. The minimum absolute atomic E-state index is 0.205. The molecule has 110 valence electrons. The van der Waals surface area contributed by atoms with Gasteiger partial charge >= 0.3 is 0 Å². The standard InChI is InChI=1S/C16H19FN4/c17-14-8-4-1-5-12(14)11-19-15-9-10-18-16(21-15)20-13-6-2-3-7-13/h1,4-5,8-10,13H,2-3,6-7,11H2,(H2,18,19,20,21). The van der Waals surface area contributed by atoms with Gasteiger partial charge in [0.1, 0.15) is 11.6 Å². The largest absolute Gasteiger partial charge is 0.366 e. The monoisotopic (exact) mass is 286 g/mol. The fourth-order valence-electron chi connectivity index (χ4n) is 2.61. The van der Waals surface area contributed by atoms with Crippen molar-refractivity contribution in [3.63, 3.8) is 0 Å². The number of hydrogen-bond acceptors (Lipinski definition) is 4. The van der Waals surface area contributed by atoms with Gasteiger partial charge in [0.15, 0.2) is 0 Å². The SMILES string of the molecule is Fc1ccccc1CNc1ccnc(NC2CCCC2)n1. The summed E-state index contributed by atoms with van der Waals surface area (Å²) in [5, 5.41) is 6.49. The second-order valence-electron chi connectivity index (χ2n) is 5.34. The zero-order valence-electron chi connectivity index (χ0n) is 11.8. The van der Waals surface area contributed by atoms with E-state index in [0.29, 0.717) is 29.9 Å². The van der Waals surface area contributed by atoms with Crippen LogP contribution in [0.25, 0.3) is 0 Å². The molecule has 3 rings (SSSR count). The Labute approximate surface area is 123 Å². The van der Waals surface area contributed by atoms with Crippen LogP contribution < -0.4 is 10.6 Å². The molecule has 0 aliphatic heterocycles. The van der Waals surface area contributed by atoms with Crippen molar-refractivity contribution in [1.29, 1.82) is 0 Å². The number of hydrogen-bond donors (Lipinski definition) is 2. The van der Waals surface area contributed by atoms with Gasteiger partial charge in [-0.2, -0.15) is 4.98 Å². The van der Waals surface area contributed by atoms with Crippen LogP contribution in [0.2, 0.25) is 0 Å². The van der Waals surface area contributed by atoms with Gasteiger partial charge in [0.25, 0.3) is 0 Å². The summed E-state index contributed by atoms with van der Waals surface area (Å²) in [5.41, 5.74) is 0.626. The molecule has 5 heteroatoms. The molecule has 21 heavy (non-hydrogen) atoms. The van der Waals surface area contributed by atoms with Gasteiger partial charge in [-0.15, -0.1) is 0 Å². The molecule has 1 aromatic carbocycles. The van der Waals surface area contributed by atoms with Crippen LogP contribution in [0.5, 0.6) is 0 Å². The van der Waals surface area contributed by atoms with E-state index in [9.17, 15) is 4.39 Å². The van der Waals surface area contributed by atoms with Crippen molar-refractivity contribution in [1.82, 2.24) is 9.97 Å². The normalized spacial score (nSPS) is 15.1. The van der Waals surface area contributed by atoms with Crippen LogP contribution in [0.15, 0.2) is 36.5 Å². The highest BCUT2D eigenvalue weighted by molar-refractivity contribution is 5.40. The molecule has 1 fully saturated rings. The average Bonchev–Trinajstić information content (AvgIpc) is 3.00. The topological polar surface area (TPSA) is 49.8 Å². The van der Waals surface area contributed by atoms with Crippen LogP contribution in [0.3, 0.4) is 0 Å². The summed E-state index contributed by atoms with van der Waals surface area (Å²) in [5.74, 6) is 1.14. The molecule has 0 radical (unpaired) electrons. The van der Waals surface area contributed by atoms with Gasteiger partial charge < -0.3 is 10.6 Å². The Morgan fingerprint density at radius 3 is 2.76 bits per heavy atom. The predicted molar refractivity (Wildman–Crippen MR) is 81.6 cm³/mol. The van der Waals surface area contributed by atoms with Gasteiger partial charge in [0.2, 0.25) is 5.95 Å². The van der Waals surface area contributed by atoms with Gasteiger partial charge in [-0.05, 0) is 25.0 Å². The lowest BCUT2D eigenvalue weighted by molar-refractivity contribution is 0.613. The molecule has 0 atom stereocenters. The maximum Gasteiger partial charge on any atom is 0.224 e. The zero-order valence-corrected chi connectivity index (χ0v) is 11.8. The van der Waals surface area contributed by atoms with Crippen molar-refractivity contribution in [2.75, 3.05) is 10.6 Å². The quantitative estimate of drug-likeness (QED) is 0.882. The molecule has 0 unspecified atom stereocenters. The van der Waals surface area contributed by atoms with E-state index in [1.807, 2.05) is 6.07 Å². The highest BCUT2D eigenvalue weighted by atomic mass is 19.1. The summed E-state index contributed by atoms with van der Waals surface area (Å²) in [6.45, 7) is 0.409. The summed E-state index contributed by atoms with van der Waals surface area (Å²) in [6, 6.07) is 9.01. The summed E-state index contributed by atoms with van der Waals surface area (Å²) >= 11 is 0. The first-order chi connectivity index (χ1) is 10.3. The first-order valence-electron chi connectivity index (χ1n) is 7.38. The van der Waals surface area contributed by atoms with Gasteiger partial charge in [0, 0.05) is 24.3 Å². The third-order valence-corrected chi connectivity index (χ3v) is 3.76. The van der Waals surface area contributed by atoms with Crippen LogP contribution in [-0.2, 0) is 6.54 Å². The minimum Gasteiger partial charge on any atom is -0.366 e. The molecule has 0 amide bonds. The van der Waals surface area contributed by atoms with Crippen molar-refractivity contribution in [3.8, 4) is 0 Å². The van der Waals surface area contributed by atoms with Crippen LogP contribution >= 0.6 is 0 Å². The molecule has 1 aromatic heterocycles. The molecule has 0 spiro atoms. The van der Waals surface area contributed by atoms with Crippen molar-refractivity contribution in [2.24, 2.45) is 0 Å². The Hall–Kier alpha value is -2.17. The second kappa shape index (κ2) is 6.52. The summed E-state index contributed by atoms with van der Waals surface area (Å²) < 4.78 is 13.6. The lowest BCUT2D eigenvalue weighted by atomic mass is 10.2. The second-order valence-corrected chi connectivity index (χ2v) is 5.34. The molecule has 4 nitrogen and oxygen atoms in total.